The van der Waals surface area contributed by atoms with Gasteiger partial charge >= 0.3 is 0 Å². The van der Waals surface area contributed by atoms with Gasteiger partial charge in [-0.1, -0.05) is 18.2 Å². The van der Waals surface area contributed by atoms with Gasteiger partial charge in [0.05, 0.1) is 10.6 Å². The molecule has 0 aromatic heterocycles. The molecule has 0 fully saturated rings. The monoisotopic (exact) mass is 343 g/mol. The lowest BCUT2D eigenvalue weighted by Gasteiger charge is -2.11. The number of aryl methyl sites for hydroxylation is 1. The lowest BCUT2D eigenvalue weighted by atomic mass is 10.2. The number of sulfonamides is 1. The number of rotatable bonds is 3. The zero-order valence-electron chi connectivity index (χ0n) is 10.0. The van der Waals surface area contributed by atoms with E-state index in [1.165, 1.54) is 12.1 Å². The molecule has 0 aliphatic rings. The first-order valence-corrected chi connectivity index (χ1v) is 7.71. The number of nitrogens with one attached hydrogen (secondary N) is 1. The molecule has 0 amide bonds. The maximum absolute atomic E-state index is 13.2. The van der Waals surface area contributed by atoms with Gasteiger partial charge in [-0.3, -0.25) is 4.72 Å². The van der Waals surface area contributed by atoms with Crippen molar-refractivity contribution in [3.8, 4) is 0 Å². The van der Waals surface area contributed by atoms with Crippen LogP contribution in [0.3, 0.4) is 0 Å². The van der Waals surface area contributed by atoms with E-state index in [1.807, 2.05) is 0 Å². The summed E-state index contributed by atoms with van der Waals surface area (Å²) >= 11 is 3.25. The summed E-state index contributed by atoms with van der Waals surface area (Å²) in [5, 5.41) is 0. The summed E-state index contributed by atoms with van der Waals surface area (Å²) < 4.78 is 40.7. The number of anilines is 1. The molecule has 2 aromatic rings. The molecule has 6 heteroatoms. The molecule has 19 heavy (non-hydrogen) atoms. The fourth-order valence-corrected chi connectivity index (χ4v) is 3.46. The SMILES string of the molecule is Cc1ccc(F)cc1S(=O)(=O)Nc1ccccc1Br. The molecule has 0 bridgehead atoms. The van der Waals surface area contributed by atoms with Gasteiger partial charge in [-0.2, -0.15) is 0 Å². The second kappa shape index (κ2) is 5.30. The Hall–Kier alpha value is -1.40. The van der Waals surface area contributed by atoms with Gasteiger partial charge in [-0.05, 0) is 52.7 Å². The molecule has 2 rings (SSSR count). The second-order valence-corrected chi connectivity index (χ2v) is 6.50. The summed E-state index contributed by atoms with van der Waals surface area (Å²) in [6, 6.07) is 10.5. The molecule has 0 saturated heterocycles. The quantitative estimate of drug-likeness (QED) is 0.923. The Balaban J connectivity index is 2.44. The van der Waals surface area contributed by atoms with E-state index < -0.39 is 15.8 Å². The third-order valence-corrected chi connectivity index (χ3v) is 4.76. The molecule has 3 nitrogen and oxygen atoms in total. The topological polar surface area (TPSA) is 46.2 Å². The minimum atomic E-state index is -3.81. The van der Waals surface area contributed by atoms with Crippen LogP contribution < -0.4 is 4.72 Å². The lowest BCUT2D eigenvalue weighted by molar-refractivity contribution is 0.594. The molecule has 0 atom stereocenters. The molecule has 2 aromatic carbocycles. The molecule has 0 saturated carbocycles. The van der Waals surface area contributed by atoms with E-state index in [-0.39, 0.29) is 4.90 Å². The smallest absolute Gasteiger partial charge is 0.262 e. The number of para-hydroxylation sites is 1. The third kappa shape index (κ3) is 3.13. The fraction of sp³-hybridized carbons (Fsp3) is 0.0769. The highest BCUT2D eigenvalue weighted by atomic mass is 79.9. The Kier molecular flexibility index (Phi) is 3.91. The summed E-state index contributed by atoms with van der Waals surface area (Å²) in [6.07, 6.45) is 0. The predicted octanol–water partition coefficient (Wildman–Crippen LogP) is 3.70. The highest BCUT2D eigenvalue weighted by Gasteiger charge is 2.18. The summed E-state index contributed by atoms with van der Waals surface area (Å²) in [5.74, 6) is -0.585. The summed E-state index contributed by atoms with van der Waals surface area (Å²) in [6.45, 7) is 1.62. The molecule has 100 valence electrons. The van der Waals surface area contributed by atoms with Gasteiger partial charge in [0.15, 0.2) is 0 Å². The van der Waals surface area contributed by atoms with Crippen LogP contribution in [0.2, 0.25) is 0 Å². The minimum Gasteiger partial charge on any atom is -0.278 e. The van der Waals surface area contributed by atoms with E-state index in [0.717, 1.165) is 6.07 Å². The molecule has 0 heterocycles. The molecular weight excluding hydrogens is 333 g/mol. The van der Waals surface area contributed by atoms with Crippen LogP contribution in [0, 0.1) is 12.7 Å². The van der Waals surface area contributed by atoms with Crippen LogP contribution in [0.1, 0.15) is 5.56 Å². The van der Waals surface area contributed by atoms with Gasteiger partial charge in [0.1, 0.15) is 5.82 Å². The summed E-state index contributed by atoms with van der Waals surface area (Å²) in [4.78, 5) is -0.0664. The maximum atomic E-state index is 13.2. The predicted molar refractivity (Wildman–Crippen MR) is 76.1 cm³/mol. The van der Waals surface area contributed by atoms with Crippen molar-refractivity contribution in [3.05, 3.63) is 58.3 Å². The second-order valence-electron chi connectivity index (χ2n) is 4.00. The van der Waals surface area contributed by atoms with Crippen LogP contribution in [0.15, 0.2) is 51.8 Å². The van der Waals surface area contributed by atoms with Crippen molar-refractivity contribution in [2.75, 3.05) is 4.72 Å². The van der Waals surface area contributed by atoms with Gasteiger partial charge in [-0.15, -0.1) is 0 Å². The van der Waals surface area contributed by atoms with Crippen LogP contribution in [-0.4, -0.2) is 8.42 Å². The highest BCUT2D eigenvalue weighted by molar-refractivity contribution is 9.10. The number of benzene rings is 2. The van der Waals surface area contributed by atoms with Gasteiger partial charge < -0.3 is 0 Å². The minimum absolute atomic E-state index is 0.0664. The van der Waals surface area contributed by atoms with Crippen molar-refractivity contribution in [2.24, 2.45) is 0 Å². The Bertz CT molecular complexity index is 716. The van der Waals surface area contributed by atoms with E-state index >= 15 is 0 Å². The molecular formula is C13H11BrFNO2S. The first-order valence-electron chi connectivity index (χ1n) is 5.43. The number of hydrogen-bond donors (Lipinski definition) is 1. The average molecular weight is 344 g/mol. The maximum Gasteiger partial charge on any atom is 0.262 e. The van der Waals surface area contributed by atoms with Crippen LogP contribution >= 0.6 is 15.9 Å². The van der Waals surface area contributed by atoms with Crippen LogP contribution in [0.4, 0.5) is 10.1 Å². The Morgan fingerprint density at radius 1 is 1.16 bits per heavy atom. The first kappa shape index (κ1) is 14.0. The normalized spacial score (nSPS) is 11.3. The average Bonchev–Trinajstić information content (AvgIpc) is 2.35. The molecule has 0 aliphatic carbocycles. The Morgan fingerprint density at radius 3 is 2.53 bits per heavy atom. The molecule has 1 N–H and O–H groups in total. The standard InChI is InChI=1S/C13H11BrFNO2S/c1-9-6-7-10(15)8-13(9)19(17,18)16-12-5-3-2-4-11(12)14/h2-8,16H,1H3. The van der Waals surface area contributed by atoms with E-state index in [1.54, 1.807) is 31.2 Å². The van der Waals surface area contributed by atoms with E-state index in [2.05, 4.69) is 20.7 Å². The van der Waals surface area contributed by atoms with Crippen molar-refractivity contribution >= 4 is 31.6 Å². The van der Waals surface area contributed by atoms with Crippen LogP contribution in [-0.2, 0) is 10.0 Å². The van der Waals surface area contributed by atoms with Gasteiger partial charge in [0.2, 0.25) is 0 Å². The van der Waals surface area contributed by atoms with Gasteiger partial charge in [-0.25, -0.2) is 12.8 Å². The van der Waals surface area contributed by atoms with E-state index in [4.69, 9.17) is 0 Å². The van der Waals surface area contributed by atoms with Crippen molar-refractivity contribution in [3.63, 3.8) is 0 Å². The Morgan fingerprint density at radius 2 is 1.84 bits per heavy atom. The van der Waals surface area contributed by atoms with Crippen molar-refractivity contribution in [1.29, 1.82) is 0 Å². The molecule has 0 spiro atoms. The molecule has 0 radical (unpaired) electrons. The Labute approximate surface area is 119 Å². The van der Waals surface area contributed by atoms with Gasteiger partial charge in [0.25, 0.3) is 10.0 Å². The zero-order valence-corrected chi connectivity index (χ0v) is 12.4. The first-order chi connectivity index (χ1) is 8.90. The van der Waals surface area contributed by atoms with Crippen molar-refractivity contribution in [2.45, 2.75) is 11.8 Å². The number of hydrogen-bond acceptors (Lipinski definition) is 2. The number of halogens is 2. The molecule has 0 unspecified atom stereocenters. The lowest BCUT2D eigenvalue weighted by Crippen LogP contribution is -2.14. The van der Waals surface area contributed by atoms with E-state index in [9.17, 15) is 12.8 Å². The van der Waals surface area contributed by atoms with Crippen LogP contribution in [0.25, 0.3) is 0 Å². The summed E-state index contributed by atoms with van der Waals surface area (Å²) in [5.41, 5.74) is 0.895. The van der Waals surface area contributed by atoms with Gasteiger partial charge in [0, 0.05) is 4.47 Å². The van der Waals surface area contributed by atoms with Crippen LogP contribution in [0.5, 0.6) is 0 Å². The molecule has 0 aliphatic heterocycles. The highest BCUT2D eigenvalue weighted by Crippen LogP contribution is 2.25. The largest absolute Gasteiger partial charge is 0.278 e. The van der Waals surface area contributed by atoms with Crippen molar-refractivity contribution in [1.82, 2.24) is 0 Å². The van der Waals surface area contributed by atoms with E-state index in [0.29, 0.717) is 15.7 Å². The fourth-order valence-electron chi connectivity index (χ4n) is 1.61. The summed E-state index contributed by atoms with van der Waals surface area (Å²) in [7, 11) is -3.81. The third-order valence-electron chi connectivity index (χ3n) is 2.56. The zero-order chi connectivity index (χ0) is 14.0. The van der Waals surface area contributed by atoms with Crippen molar-refractivity contribution < 1.29 is 12.8 Å².